The van der Waals surface area contributed by atoms with E-state index in [1.807, 2.05) is 12.1 Å². The van der Waals surface area contributed by atoms with Gasteiger partial charge in [-0.05, 0) is 48.7 Å². The normalized spacial score (nSPS) is 14.4. The number of hydrogen-bond donors (Lipinski definition) is 1. The second-order valence-electron chi connectivity index (χ2n) is 5.09. The van der Waals surface area contributed by atoms with Crippen LogP contribution >= 0.6 is 50.9 Å². The van der Waals surface area contributed by atoms with E-state index in [4.69, 9.17) is 23.2 Å². The summed E-state index contributed by atoms with van der Waals surface area (Å²) in [7, 11) is 0. The summed E-state index contributed by atoms with van der Waals surface area (Å²) in [5.74, 6) is 0. The fourth-order valence-electron chi connectivity index (χ4n) is 1.96. The summed E-state index contributed by atoms with van der Waals surface area (Å²) < 4.78 is 1.12. The monoisotopic (exact) mass is 401 g/mol. The number of benzene rings is 2. The van der Waals surface area contributed by atoms with Crippen molar-refractivity contribution in [2.75, 3.05) is 0 Å². The molecule has 0 aliphatic heterocycles. The van der Waals surface area contributed by atoms with Crippen LogP contribution in [0.25, 0.3) is 0 Å². The summed E-state index contributed by atoms with van der Waals surface area (Å²) in [6.07, 6.45) is 2.61. The predicted molar refractivity (Wildman–Crippen MR) is 94.6 cm³/mol. The number of nitrogens with one attached hydrogen (secondary N) is 1. The molecule has 21 heavy (non-hydrogen) atoms. The first kappa shape index (κ1) is 15.7. The molecule has 1 nitrogen and oxygen atoms in total. The summed E-state index contributed by atoms with van der Waals surface area (Å²) in [4.78, 5) is 2.11. The van der Waals surface area contributed by atoms with Crippen LogP contribution in [0.3, 0.4) is 0 Å². The van der Waals surface area contributed by atoms with Gasteiger partial charge in [0, 0.05) is 31.9 Å². The highest BCUT2D eigenvalue weighted by Crippen LogP contribution is 2.36. The van der Waals surface area contributed by atoms with E-state index in [1.54, 1.807) is 17.8 Å². The van der Waals surface area contributed by atoms with E-state index in [9.17, 15) is 0 Å². The van der Waals surface area contributed by atoms with E-state index < -0.39 is 0 Å². The van der Waals surface area contributed by atoms with Crippen molar-refractivity contribution in [1.29, 1.82) is 0 Å². The van der Waals surface area contributed by atoms with Crippen LogP contribution in [-0.4, -0.2) is 6.04 Å². The van der Waals surface area contributed by atoms with Gasteiger partial charge in [0.05, 0.1) is 5.02 Å². The van der Waals surface area contributed by atoms with Crippen molar-refractivity contribution >= 4 is 50.9 Å². The quantitative estimate of drug-likeness (QED) is 0.642. The van der Waals surface area contributed by atoms with Gasteiger partial charge in [0.15, 0.2) is 0 Å². The number of hydrogen-bond acceptors (Lipinski definition) is 2. The van der Waals surface area contributed by atoms with Crippen LogP contribution < -0.4 is 5.32 Å². The lowest BCUT2D eigenvalue weighted by Crippen LogP contribution is -2.15. The topological polar surface area (TPSA) is 12.0 Å². The van der Waals surface area contributed by atoms with E-state index in [-0.39, 0.29) is 0 Å². The molecule has 1 fully saturated rings. The Hall–Kier alpha value is -0.190. The lowest BCUT2D eigenvalue weighted by atomic mass is 10.2. The molecule has 1 N–H and O–H groups in total. The fraction of sp³-hybridized carbons (Fsp3) is 0.250. The first-order valence-corrected chi connectivity index (χ1v) is 9.13. The Kier molecular flexibility index (Phi) is 5.18. The molecule has 0 aromatic heterocycles. The average Bonchev–Trinajstić information content (AvgIpc) is 3.26. The van der Waals surface area contributed by atoms with E-state index in [0.29, 0.717) is 5.02 Å². The second-order valence-corrected chi connectivity index (χ2v) is 7.90. The highest BCUT2D eigenvalue weighted by molar-refractivity contribution is 9.10. The van der Waals surface area contributed by atoms with Crippen molar-refractivity contribution in [3.05, 3.63) is 56.5 Å². The van der Waals surface area contributed by atoms with Crippen LogP contribution in [0, 0.1) is 0 Å². The second kappa shape index (κ2) is 6.93. The number of halogens is 3. The Morgan fingerprint density at radius 1 is 1.14 bits per heavy atom. The molecular weight excluding hydrogens is 389 g/mol. The molecule has 0 radical (unpaired) electrons. The van der Waals surface area contributed by atoms with Crippen LogP contribution in [0.5, 0.6) is 0 Å². The first-order chi connectivity index (χ1) is 10.1. The third-order valence-corrected chi connectivity index (χ3v) is 5.77. The fourth-order valence-corrected chi connectivity index (χ4v) is 4.02. The Labute approximate surface area is 147 Å². The molecule has 1 aliphatic carbocycles. The van der Waals surface area contributed by atoms with Crippen molar-refractivity contribution in [3.63, 3.8) is 0 Å². The minimum Gasteiger partial charge on any atom is -0.310 e. The van der Waals surface area contributed by atoms with Crippen molar-refractivity contribution in [1.82, 2.24) is 5.32 Å². The lowest BCUT2D eigenvalue weighted by molar-refractivity contribution is 0.685. The Morgan fingerprint density at radius 2 is 1.95 bits per heavy atom. The standard InChI is InChI=1S/C16H14BrCl2NS/c17-14-8-13(5-1-10(14)9-20-12-3-4-12)21-16-7-11(18)2-6-15(16)19/h1-2,5-8,12,20H,3-4,9H2. The van der Waals surface area contributed by atoms with Crippen LogP contribution in [0.1, 0.15) is 18.4 Å². The van der Waals surface area contributed by atoms with Gasteiger partial charge in [-0.2, -0.15) is 0 Å². The molecule has 0 amide bonds. The first-order valence-electron chi connectivity index (χ1n) is 6.76. The lowest BCUT2D eigenvalue weighted by Gasteiger charge is -2.09. The van der Waals surface area contributed by atoms with E-state index in [0.717, 1.165) is 31.9 Å². The minimum atomic E-state index is 0.700. The zero-order valence-corrected chi connectivity index (χ0v) is 15.1. The Balaban J connectivity index is 1.73. The highest BCUT2D eigenvalue weighted by Gasteiger charge is 2.20. The van der Waals surface area contributed by atoms with Crippen LogP contribution in [0.4, 0.5) is 0 Å². The summed E-state index contributed by atoms with van der Waals surface area (Å²) in [6, 6.07) is 12.6. The maximum absolute atomic E-state index is 6.21. The van der Waals surface area contributed by atoms with E-state index >= 15 is 0 Å². The summed E-state index contributed by atoms with van der Waals surface area (Å²) in [5.41, 5.74) is 1.28. The third kappa shape index (κ3) is 4.40. The molecule has 2 aromatic carbocycles. The van der Waals surface area contributed by atoms with Crippen molar-refractivity contribution in [2.45, 2.75) is 35.2 Å². The molecule has 0 bridgehead atoms. The van der Waals surface area contributed by atoms with Gasteiger partial charge >= 0.3 is 0 Å². The van der Waals surface area contributed by atoms with Gasteiger partial charge in [0.1, 0.15) is 0 Å². The third-order valence-electron chi connectivity index (χ3n) is 3.30. The van der Waals surface area contributed by atoms with E-state index in [2.05, 4.69) is 39.4 Å². The van der Waals surface area contributed by atoms with Crippen LogP contribution in [0.15, 0.2) is 50.7 Å². The van der Waals surface area contributed by atoms with Gasteiger partial charge in [-0.3, -0.25) is 0 Å². The van der Waals surface area contributed by atoms with Crippen LogP contribution in [0.2, 0.25) is 10.0 Å². The molecule has 110 valence electrons. The zero-order valence-electron chi connectivity index (χ0n) is 11.2. The van der Waals surface area contributed by atoms with Gasteiger partial charge in [0.2, 0.25) is 0 Å². The molecule has 3 rings (SSSR count). The summed E-state index contributed by atoms with van der Waals surface area (Å²) in [6.45, 7) is 0.911. The minimum absolute atomic E-state index is 0.700. The van der Waals surface area contributed by atoms with Gasteiger partial charge in [-0.25, -0.2) is 0 Å². The molecule has 1 aliphatic rings. The molecule has 0 atom stereocenters. The summed E-state index contributed by atoms with van der Waals surface area (Å²) >= 11 is 17.5. The molecule has 1 saturated carbocycles. The van der Waals surface area contributed by atoms with Gasteiger partial charge in [0.25, 0.3) is 0 Å². The number of rotatable bonds is 5. The molecule has 2 aromatic rings. The van der Waals surface area contributed by atoms with Crippen molar-refractivity contribution in [2.24, 2.45) is 0 Å². The zero-order chi connectivity index (χ0) is 14.8. The molecule has 0 saturated heterocycles. The van der Waals surface area contributed by atoms with Gasteiger partial charge < -0.3 is 5.32 Å². The Bertz CT molecular complexity index is 659. The molecular formula is C16H14BrCl2NS. The largest absolute Gasteiger partial charge is 0.310 e. The van der Waals surface area contributed by atoms with Gasteiger partial charge in [-0.1, -0.05) is 57.0 Å². The van der Waals surface area contributed by atoms with Gasteiger partial charge in [-0.15, -0.1) is 0 Å². The average molecular weight is 403 g/mol. The maximum atomic E-state index is 6.21. The molecule has 0 heterocycles. The van der Waals surface area contributed by atoms with Crippen LogP contribution in [-0.2, 0) is 6.54 Å². The smallest absolute Gasteiger partial charge is 0.0546 e. The summed E-state index contributed by atoms with van der Waals surface area (Å²) in [5, 5.41) is 4.95. The molecule has 0 spiro atoms. The highest BCUT2D eigenvalue weighted by atomic mass is 79.9. The Morgan fingerprint density at radius 3 is 2.67 bits per heavy atom. The predicted octanol–water partition coefficient (Wildman–Crippen LogP) is 6.16. The van der Waals surface area contributed by atoms with Crippen molar-refractivity contribution in [3.8, 4) is 0 Å². The maximum Gasteiger partial charge on any atom is 0.0546 e. The molecule has 0 unspecified atom stereocenters. The SMILES string of the molecule is Clc1ccc(Cl)c(Sc2ccc(CNC3CC3)c(Br)c2)c1. The van der Waals surface area contributed by atoms with Crippen molar-refractivity contribution < 1.29 is 0 Å². The van der Waals surface area contributed by atoms with E-state index in [1.165, 1.54) is 18.4 Å². The molecule has 5 heteroatoms.